The largest absolute Gasteiger partial charge is 0.381 e. The zero-order valence-electron chi connectivity index (χ0n) is 8.34. The highest BCUT2D eigenvalue weighted by Crippen LogP contribution is 2.31. The molecule has 13 heavy (non-hydrogen) atoms. The minimum absolute atomic E-state index is 0.0944. The van der Waals surface area contributed by atoms with Gasteiger partial charge in [-0.05, 0) is 25.8 Å². The van der Waals surface area contributed by atoms with E-state index in [1.807, 2.05) is 0 Å². The van der Waals surface area contributed by atoms with Gasteiger partial charge in [-0.15, -0.1) is 0 Å². The Bertz CT molecular complexity index is 161. The van der Waals surface area contributed by atoms with Crippen LogP contribution in [0.5, 0.6) is 0 Å². The molecular weight excluding hydrogens is 166 g/mol. The fraction of sp³-hybridized carbons (Fsp3) is 1.00. The summed E-state index contributed by atoms with van der Waals surface area (Å²) in [7, 11) is 1.81. The Kier molecular flexibility index (Phi) is 2.86. The number of ether oxygens (including phenoxy) is 2. The van der Waals surface area contributed by atoms with Crippen molar-refractivity contribution in [1.29, 1.82) is 0 Å². The third kappa shape index (κ3) is 2.03. The van der Waals surface area contributed by atoms with Crippen molar-refractivity contribution in [3.8, 4) is 0 Å². The van der Waals surface area contributed by atoms with E-state index >= 15 is 0 Å². The van der Waals surface area contributed by atoms with Gasteiger partial charge >= 0.3 is 0 Å². The Morgan fingerprint density at radius 3 is 3.15 bits per heavy atom. The molecule has 3 nitrogen and oxygen atoms in total. The van der Waals surface area contributed by atoms with Gasteiger partial charge in [0.1, 0.15) is 0 Å². The Hall–Kier alpha value is -0.120. The average Bonchev–Trinajstić information content (AvgIpc) is 2.19. The van der Waals surface area contributed by atoms with E-state index in [9.17, 15) is 0 Å². The van der Waals surface area contributed by atoms with Crippen LogP contribution >= 0.6 is 0 Å². The molecular formula is C10H19NO2. The topological polar surface area (TPSA) is 30.5 Å². The van der Waals surface area contributed by atoms with Crippen molar-refractivity contribution in [1.82, 2.24) is 5.32 Å². The molecule has 2 rings (SSSR count). The summed E-state index contributed by atoms with van der Waals surface area (Å²) >= 11 is 0. The Morgan fingerprint density at radius 1 is 1.54 bits per heavy atom. The van der Waals surface area contributed by atoms with Gasteiger partial charge in [0.2, 0.25) is 0 Å². The lowest BCUT2D eigenvalue weighted by Crippen LogP contribution is -2.52. The Balaban J connectivity index is 1.95. The second kappa shape index (κ2) is 3.95. The van der Waals surface area contributed by atoms with Gasteiger partial charge in [-0.25, -0.2) is 0 Å². The van der Waals surface area contributed by atoms with Gasteiger partial charge in [0.05, 0.1) is 11.7 Å². The summed E-state index contributed by atoms with van der Waals surface area (Å²) in [6.07, 6.45) is 4.96. The number of hydrogen-bond acceptors (Lipinski definition) is 3. The predicted molar refractivity (Wildman–Crippen MR) is 50.8 cm³/mol. The zero-order chi connectivity index (χ0) is 9.15. The van der Waals surface area contributed by atoms with E-state index < -0.39 is 0 Å². The fourth-order valence-corrected chi connectivity index (χ4v) is 2.42. The number of methoxy groups -OCH3 is 1. The van der Waals surface area contributed by atoms with Crippen LogP contribution in [0.4, 0.5) is 0 Å². The maximum atomic E-state index is 5.90. The highest BCUT2D eigenvalue weighted by molar-refractivity contribution is 4.92. The third-order valence-electron chi connectivity index (χ3n) is 3.21. The van der Waals surface area contributed by atoms with Gasteiger partial charge in [0.25, 0.3) is 0 Å². The van der Waals surface area contributed by atoms with E-state index in [2.05, 4.69) is 5.32 Å². The number of nitrogens with one attached hydrogen (secondary N) is 1. The van der Waals surface area contributed by atoms with Gasteiger partial charge < -0.3 is 14.8 Å². The number of hydrogen-bond donors (Lipinski definition) is 1. The van der Waals surface area contributed by atoms with Crippen molar-refractivity contribution >= 4 is 0 Å². The standard InChI is InChI=1S/C10H19NO2/c1-12-9-3-6-13-10(7-9)4-2-5-11-8-10/h9,11H,2-8H2,1H3. The molecule has 2 fully saturated rings. The van der Waals surface area contributed by atoms with Crippen LogP contribution in [0.3, 0.4) is 0 Å². The molecule has 2 atom stereocenters. The molecule has 0 radical (unpaired) electrons. The summed E-state index contributed by atoms with van der Waals surface area (Å²) in [4.78, 5) is 0. The third-order valence-corrected chi connectivity index (χ3v) is 3.21. The maximum absolute atomic E-state index is 5.90. The van der Waals surface area contributed by atoms with Gasteiger partial charge in [0.15, 0.2) is 0 Å². The molecule has 1 spiro atoms. The second-order valence-electron chi connectivity index (χ2n) is 4.16. The highest BCUT2D eigenvalue weighted by atomic mass is 16.5. The van der Waals surface area contributed by atoms with Crippen LogP contribution in [-0.2, 0) is 9.47 Å². The van der Waals surface area contributed by atoms with E-state index in [4.69, 9.17) is 9.47 Å². The SMILES string of the molecule is COC1CCOC2(CCCNC2)C1. The minimum atomic E-state index is 0.0944. The van der Waals surface area contributed by atoms with Crippen molar-refractivity contribution in [2.24, 2.45) is 0 Å². The van der Waals surface area contributed by atoms with Gasteiger partial charge in [0, 0.05) is 26.7 Å². The van der Waals surface area contributed by atoms with E-state index in [0.717, 1.165) is 32.5 Å². The van der Waals surface area contributed by atoms with Crippen molar-refractivity contribution < 1.29 is 9.47 Å². The summed E-state index contributed by atoms with van der Waals surface area (Å²) in [6.45, 7) is 3.01. The summed E-state index contributed by atoms with van der Waals surface area (Å²) in [6, 6.07) is 0. The van der Waals surface area contributed by atoms with E-state index in [-0.39, 0.29) is 5.60 Å². The predicted octanol–water partition coefficient (Wildman–Crippen LogP) is 0.934. The molecule has 0 aromatic rings. The normalized spacial score (nSPS) is 40.8. The number of rotatable bonds is 1. The zero-order valence-corrected chi connectivity index (χ0v) is 8.34. The second-order valence-corrected chi connectivity index (χ2v) is 4.16. The monoisotopic (exact) mass is 185 g/mol. The molecule has 2 saturated heterocycles. The molecule has 0 aliphatic carbocycles. The molecule has 76 valence electrons. The highest BCUT2D eigenvalue weighted by Gasteiger charge is 2.38. The quantitative estimate of drug-likeness (QED) is 0.659. The van der Waals surface area contributed by atoms with E-state index in [0.29, 0.717) is 6.10 Å². The van der Waals surface area contributed by atoms with Crippen molar-refractivity contribution in [2.45, 2.75) is 37.4 Å². The summed E-state index contributed by atoms with van der Waals surface area (Å²) in [5.74, 6) is 0. The van der Waals surface area contributed by atoms with Crippen LogP contribution < -0.4 is 5.32 Å². The molecule has 2 aliphatic heterocycles. The number of piperidine rings is 1. The molecule has 0 bridgehead atoms. The first kappa shape index (κ1) is 9.44. The lowest BCUT2D eigenvalue weighted by atomic mass is 9.85. The molecule has 2 unspecified atom stereocenters. The van der Waals surface area contributed by atoms with Crippen molar-refractivity contribution in [3.63, 3.8) is 0 Å². The van der Waals surface area contributed by atoms with Crippen LogP contribution in [0, 0.1) is 0 Å². The van der Waals surface area contributed by atoms with Gasteiger partial charge in [-0.3, -0.25) is 0 Å². The summed E-state index contributed by atoms with van der Waals surface area (Å²) in [5.41, 5.74) is 0.0944. The molecule has 0 aromatic heterocycles. The van der Waals surface area contributed by atoms with E-state index in [1.165, 1.54) is 12.8 Å². The van der Waals surface area contributed by atoms with Gasteiger partial charge in [-0.2, -0.15) is 0 Å². The Morgan fingerprint density at radius 2 is 2.46 bits per heavy atom. The maximum Gasteiger partial charge on any atom is 0.0831 e. The summed E-state index contributed by atoms with van der Waals surface area (Å²) < 4.78 is 11.3. The molecule has 0 aromatic carbocycles. The molecule has 0 saturated carbocycles. The first-order chi connectivity index (χ1) is 6.35. The van der Waals surface area contributed by atoms with Crippen LogP contribution in [0.15, 0.2) is 0 Å². The van der Waals surface area contributed by atoms with Crippen LogP contribution in [0.1, 0.15) is 25.7 Å². The Labute approximate surface area is 79.8 Å². The molecule has 1 N–H and O–H groups in total. The smallest absolute Gasteiger partial charge is 0.0831 e. The molecule has 2 heterocycles. The first-order valence-electron chi connectivity index (χ1n) is 5.22. The van der Waals surface area contributed by atoms with Crippen molar-refractivity contribution in [2.75, 3.05) is 26.8 Å². The van der Waals surface area contributed by atoms with Crippen LogP contribution in [-0.4, -0.2) is 38.5 Å². The molecule has 2 aliphatic rings. The molecule has 0 amide bonds. The van der Waals surface area contributed by atoms with Gasteiger partial charge in [-0.1, -0.05) is 0 Å². The minimum Gasteiger partial charge on any atom is -0.381 e. The van der Waals surface area contributed by atoms with Crippen LogP contribution in [0.2, 0.25) is 0 Å². The summed E-state index contributed by atoms with van der Waals surface area (Å²) in [5, 5.41) is 3.41. The van der Waals surface area contributed by atoms with Crippen molar-refractivity contribution in [3.05, 3.63) is 0 Å². The van der Waals surface area contributed by atoms with Crippen LogP contribution in [0.25, 0.3) is 0 Å². The molecule has 3 heteroatoms. The average molecular weight is 185 g/mol. The lowest BCUT2D eigenvalue weighted by molar-refractivity contribution is -0.134. The lowest BCUT2D eigenvalue weighted by Gasteiger charge is -2.43. The fourth-order valence-electron chi connectivity index (χ4n) is 2.42. The van der Waals surface area contributed by atoms with E-state index in [1.54, 1.807) is 7.11 Å². The first-order valence-corrected chi connectivity index (χ1v) is 5.22.